The van der Waals surface area contributed by atoms with Crippen molar-refractivity contribution in [1.29, 1.82) is 0 Å². The van der Waals surface area contributed by atoms with Crippen molar-refractivity contribution < 1.29 is 14.4 Å². The van der Waals surface area contributed by atoms with Crippen LogP contribution in [-0.2, 0) is 22.4 Å². The molecule has 5 nitrogen and oxygen atoms in total. The summed E-state index contributed by atoms with van der Waals surface area (Å²) in [5.41, 5.74) is 4.09. The second kappa shape index (κ2) is 8.27. The van der Waals surface area contributed by atoms with E-state index in [1.807, 2.05) is 30.4 Å². The highest BCUT2D eigenvalue weighted by Crippen LogP contribution is 2.37. The van der Waals surface area contributed by atoms with Gasteiger partial charge in [-0.25, -0.2) is 0 Å². The van der Waals surface area contributed by atoms with Crippen LogP contribution in [0.2, 0.25) is 0 Å². The summed E-state index contributed by atoms with van der Waals surface area (Å²) in [6, 6.07) is 12.8. The first-order valence-corrected chi connectivity index (χ1v) is 10.6. The third-order valence-corrected chi connectivity index (χ3v) is 6.13. The number of para-hydroxylation sites is 1. The van der Waals surface area contributed by atoms with E-state index >= 15 is 0 Å². The number of carbonyl (C=O) groups is 3. The molecule has 5 heteroatoms. The highest BCUT2D eigenvalue weighted by Gasteiger charge is 2.47. The van der Waals surface area contributed by atoms with Gasteiger partial charge in [-0.2, -0.15) is 0 Å². The zero-order valence-corrected chi connectivity index (χ0v) is 17.4. The lowest BCUT2D eigenvalue weighted by Gasteiger charge is -2.16. The normalized spacial score (nSPS) is 20.4. The number of imide groups is 1. The van der Waals surface area contributed by atoms with Crippen LogP contribution in [0.1, 0.15) is 48.2 Å². The van der Waals surface area contributed by atoms with Gasteiger partial charge in [0.2, 0.25) is 11.8 Å². The number of amides is 3. The van der Waals surface area contributed by atoms with Crippen molar-refractivity contribution in [3.05, 3.63) is 71.3 Å². The molecule has 2 atom stereocenters. The maximum absolute atomic E-state index is 12.8. The van der Waals surface area contributed by atoms with Crippen molar-refractivity contribution in [2.45, 2.75) is 39.5 Å². The fourth-order valence-corrected chi connectivity index (χ4v) is 4.41. The smallest absolute Gasteiger partial charge is 0.255 e. The van der Waals surface area contributed by atoms with Crippen molar-refractivity contribution in [3.63, 3.8) is 0 Å². The maximum Gasteiger partial charge on any atom is 0.255 e. The van der Waals surface area contributed by atoms with Gasteiger partial charge in [-0.15, -0.1) is 0 Å². The lowest BCUT2D eigenvalue weighted by molar-refractivity contribution is -0.122. The monoisotopic (exact) mass is 402 g/mol. The molecule has 0 unspecified atom stereocenters. The molecule has 0 spiro atoms. The summed E-state index contributed by atoms with van der Waals surface area (Å²) in [6.45, 7) is 4.13. The van der Waals surface area contributed by atoms with Gasteiger partial charge >= 0.3 is 0 Å². The van der Waals surface area contributed by atoms with Crippen LogP contribution in [0.25, 0.3) is 0 Å². The van der Waals surface area contributed by atoms with Crippen LogP contribution in [0.15, 0.2) is 54.6 Å². The number of fused-ring (bicyclic) bond motifs is 1. The Morgan fingerprint density at radius 2 is 1.43 bits per heavy atom. The van der Waals surface area contributed by atoms with Gasteiger partial charge < -0.3 is 5.32 Å². The van der Waals surface area contributed by atoms with E-state index < -0.39 is 0 Å². The Labute approximate surface area is 176 Å². The fourth-order valence-electron chi connectivity index (χ4n) is 4.41. The molecule has 0 saturated carbocycles. The number of nitrogens with one attached hydrogen (secondary N) is 1. The fraction of sp³-hybridized carbons (Fsp3) is 0.320. The number of benzene rings is 2. The number of hydrogen-bond acceptors (Lipinski definition) is 3. The van der Waals surface area contributed by atoms with E-state index in [0.717, 1.165) is 29.7 Å². The molecule has 2 aliphatic rings. The maximum atomic E-state index is 12.8. The molecule has 30 heavy (non-hydrogen) atoms. The SMILES string of the molecule is CCc1cccc(CC)c1NC(=O)c1ccc(N2C(=O)[C@@H]3CC=CC[C@H]3C2=O)cc1. The van der Waals surface area contributed by atoms with Gasteiger partial charge in [0.05, 0.1) is 17.5 Å². The first kappa shape index (κ1) is 20.1. The van der Waals surface area contributed by atoms with Gasteiger partial charge in [-0.3, -0.25) is 19.3 Å². The number of allylic oxidation sites excluding steroid dienone is 2. The number of aryl methyl sites for hydroxylation is 2. The number of anilines is 2. The highest BCUT2D eigenvalue weighted by molar-refractivity contribution is 6.22. The molecule has 2 aromatic carbocycles. The van der Waals surface area contributed by atoms with Gasteiger partial charge in [0, 0.05) is 11.3 Å². The van der Waals surface area contributed by atoms with Crippen LogP contribution in [0, 0.1) is 11.8 Å². The number of rotatable bonds is 5. The van der Waals surface area contributed by atoms with E-state index in [0.29, 0.717) is 24.1 Å². The lowest BCUT2D eigenvalue weighted by atomic mass is 9.85. The molecule has 1 saturated heterocycles. The summed E-state index contributed by atoms with van der Waals surface area (Å²) >= 11 is 0. The second-order valence-corrected chi connectivity index (χ2v) is 7.83. The lowest BCUT2D eigenvalue weighted by Crippen LogP contribution is -2.30. The van der Waals surface area contributed by atoms with Gasteiger partial charge in [0.1, 0.15) is 0 Å². The molecule has 0 radical (unpaired) electrons. The number of carbonyl (C=O) groups excluding carboxylic acids is 3. The Hall–Kier alpha value is -3.21. The second-order valence-electron chi connectivity index (χ2n) is 7.83. The molecule has 1 heterocycles. The van der Waals surface area contributed by atoms with E-state index in [1.165, 1.54) is 4.90 Å². The summed E-state index contributed by atoms with van der Waals surface area (Å²) in [5.74, 6) is -1.01. The van der Waals surface area contributed by atoms with Gasteiger partial charge in [-0.1, -0.05) is 44.2 Å². The topological polar surface area (TPSA) is 66.5 Å². The molecule has 2 aromatic rings. The molecule has 154 valence electrons. The number of hydrogen-bond donors (Lipinski definition) is 1. The Balaban J connectivity index is 1.54. The Kier molecular flexibility index (Phi) is 5.53. The molecule has 1 fully saturated rings. The van der Waals surface area contributed by atoms with Crippen LogP contribution in [0.5, 0.6) is 0 Å². The Bertz CT molecular complexity index is 975. The van der Waals surface area contributed by atoms with E-state index in [1.54, 1.807) is 24.3 Å². The summed E-state index contributed by atoms with van der Waals surface area (Å²) in [4.78, 5) is 39.6. The van der Waals surface area contributed by atoms with Crippen molar-refractivity contribution in [2.24, 2.45) is 11.8 Å². The first-order chi connectivity index (χ1) is 14.5. The van der Waals surface area contributed by atoms with Crippen LogP contribution < -0.4 is 10.2 Å². The first-order valence-electron chi connectivity index (χ1n) is 10.6. The van der Waals surface area contributed by atoms with Gasteiger partial charge in [-0.05, 0) is 61.1 Å². The van der Waals surface area contributed by atoms with E-state index in [9.17, 15) is 14.4 Å². The zero-order valence-electron chi connectivity index (χ0n) is 17.4. The molecule has 1 aliphatic heterocycles. The summed E-state index contributed by atoms with van der Waals surface area (Å²) in [5, 5.41) is 3.05. The van der Waals surface area contributed by atoms with Crippen molar-refractivity contribution in [2.75, 3.05) is 10.2 Å². The van der Waals surface area contributed by atoms with E-state index in [4.69, 9.17) is 0 Å². The van der Waals surface area contributed by atoms with E-state index in [2.05, 4.69) is 19.2 Å². The van der Waals surface area contributed by atoms with Gasteiger partial charge in [0.15, 0.2) is 0 Å². The Morgan fingerprint density at radius 3 is 1.93 bits per heavy atom. The minimum absolute atomic E-state index is 0.143. The third kappa shape index (κ3) is 3.45. The minimum atomic E-state index is -0.261. The molecular formula is C25H26N2O3. The predicted molar refractivity (Wildman–Crippen MR) is 117 cm³/mol. The average molecular weight is 402 g/mol. The van der Waals surface area contributed by atoms with Crippen LogP contribution in [0.3, 0.4) is 0 Å². The zero-order chi connectivity index (χ0) is 21.3. The van der Waals surface area contributed by atoms with E-state index in [-0.39, 0.29) is 29.6 Å². The summed E-state index contributed by atoms with van der Waals surface area (Å²) in [6.07, 6.45) is 6.84. The number of nitrogens with zero attached hydrogens (tertiary/aromatic N) is 1. The highest BCUT2D eigenvalue weighted by atomic mass is 16.2. The molecular weight excluding hydrogens is 376 g/mol. The Morgan fingerprint density at radius 1 is 0.900 bits per heavy atom. The van der Waals surface area contributed by atoms with Crippen molar-refractivity contribution in [1.82, 2.24) is 0 Å². The average Bonchev–Trinajstić information content (AvgIpc) is 3.04. The van der Waals surface area contributed by atoms with Crippen molar-refractivity contribution in [3.8, 4) is 0 Å². The quantitative estimate of drug-likeness (QED) is 0.591. The van der Waals surface area contributed by atoms with Crippen LogP contribution in [-0.4, -0.2) is 17.7 Å². The third-order valence-electron chi connectivity index (χ3n) is 6.13. The molecule has 0 aromatic heterocycles. The minimum Gasteiger partial charge on any atom is -0.321 e. The predicted octanol–water partition coefficient (Wildman–Crippen LogP) is 4.52. The molecule has 3 amide bonds. The molecule has 1 aliphatic carbocycles. The van der Waals surface area contributed by atoms with Crippen LogP contribution in [0.4, 0.5) is 11.4 Å². The molecule has 4 rings (SSSR count). The summed E-state index contributed by atoms with van der Waals surface area (Å²) < 4.78 is 0. The molecule has 1 N–H and O–H groups in total. The van der Waals surface area contributed by atoms with Gasteiger partial charge in [0.25, 0.3) is 5.91 Å². The summed E-state index contributed by atoms with van der Waals surface area (Å²) in [7, 11) is 0. The van der Waals surface area contributed by atoms with Crippen LogP contribution >= 0.6 is 0 Å². The molecule has 0 bridgehead atoms. The standard InChI is InChI=1S/C25H26N2O3/c1-3-16-8-7-9-17(4-2)22(16)26-23(28)18-12-14-19(15-13-18)27-24(29)20-10-5-6-11-21(20)25(27)30/h5-9,12-15,20-21H,3-4,10-11H2,1-2H3,(H,26,28)/t20-,21-/m1/s1. The largest absolute Gasteiger partial charge is 0.321 e. The van der Waals surface area contributed by atoms with Crippen molar-refractivity contribution >= 4 is 29.1 Å².